The van der Waals surface area contributed by atoms with Crippen molar-refractivity contribution in [3.8, 4) is 11.5 Å². The average Bonchev–Trinajstić information content (AvgIpc) is 2.73. The first-order chi connectivity index (χ1) is 14.7. The normalized spacial score (nSPS) is 10.9. The fourth-order valence-corrected chi connectivity index (χ4v) is 3.63. The second-order valence-electron chi connectivity index (χ2n) is 6.51. The van der Waals surface area contributed by atoms with Crippen molar-refractivity contribution in [2.24, 2.45) is 0 Å². The molecule has 1 N–H and O–H groups in total. The van der Waals surface area contributed by atoms with Gasteiger partial charge >= 0.3 is 0 Å². The van der Waals surface area contributed by atoms with Crippen LogP contribution in [0.5, 0.6) is 11.5 Å². The van der Waals surface area contributed by atoms with Gasteiger partial charge in [-0.25, -0.2) is 8.42 Å². The van der Waals surface area contributed by atoms with E-state index < -0.39 is 27.4 Å². The summed E-state index contributed by atoms with van der Waals surface area (Å²) in [6.45, 7) is -0.545. The molecule has 0 saturated heterocycles. The molecule has 0 aliphatic heterocycles. The highest BCUT2D eigenvalue weighted by molar-refractivity contribution is 7.92. The largest absolute Gasteiger partial charge is 0.455 e. The Labute approximate surface area is 179 Å². The van der Waals surface area contributed by atoms with E-state index >= 15 is 0 Å². The Kier molecular flexibility index (Phi) is 6.51. The predicted octanol–water partition coefficient (Wildman–Crippen LogP) is 3.79. The molecule has 160 valence electrons. The summed E-state index contributed by atoms with van der Waals surface area (Å²) in [4.78, 5) is 22.9. The second kappa shape index (κ2) is 9.26. The number of nitro benzene ring substituents is 1. The van der Waals surface area contributed by atoms with Crippen molar-refractivity contribution < 1.29 is 22.9 Å². The number of anilines is 2. The van der Waals surface area contributed by atoms with Gasteiger partial charge in [0.15, 0.2) is 5.75 Å². The molecule has 3 aromatic rings. The van der Waals surface area contributed by atoms with Crippen molar-refractivity contribution in [3.63, 3.8) is 0 Å². The van der Waals surface area contributed by atoms with Gasteiger partial charge in [0.1, 0.15) is 12.3 Å². The van der Waals surface area contributed by atoms with Crippen molar-refractivity contribution in [3.05, 3.63) is 89.0 Å². The van der Waals surface area contributed by atoms with Crippen molar-refractivity contribution in [1.29, 1.82) is 0 Å². The van der Waals surface area contributed by atoms with Crippen LogP contribution in [0.3, 0.4) is 0 Å². The van der Waals surface area contributed by atoms with Crippen LogP contribution in [0.1, 0.15) is 0 Å². The molecule has 0 aliphatic carbocycles. The molecule has 0 unspecified atom stereocenters. The molecular weight excluding hydrogens is 422 g/mol. The van der Waals surface area contributed by atoms with E-state index in [0.717, 1.165) is 10.6 Å². The predicted molar refractivity (Wildman–Crippen MR) is 117 cm³/mol. The summed E-state index contributed by atoms with van der Waals surface area (Å²) in [5, 5.41) is 13.4. The number of carbonyl (C=O) groups excluding carboxylic acids is 1. The van der Waals surface area contributed by atoms with Gasteiger partial charge < -0.3 is 10.1 Å². The van der Waals surface area contributed by atoms with E-state index in [-0.39, 0.29) is 22.8 Å². The topological polar surface area (TPSA) is 119 Å². The van der Waals surface area contributed by atoms with Crippen LogP contribution in [-0.2, 0) is 14.8 Å². The lowest BCUT2D eigenvalue weighted by atomic mass is 10.2. The van der Waals surface area contributed by atoms with Gasteiger partial charge in [-0.05, 0) is 30.3 Å². The summed E-state index contributed by atoms with van der Waals surface area (Å²) < 4.78 is 31.7. The van der Waals surface area contributed by atoms with Gasteiger partial charge in [-0.2, -0.15) is 0 Å². The number of rotatable bonds is 8. The lowest BCUT2D eigenvalue weighted by molar-refractivity contribution is -0.384. The maximum Gasteiger partial charge on any atom is 0.271 e. The summed E-state index contributed by atoms with van der Waals surface area (Å²) in [6, 6.07) is 20.6. The minimum absolute atomic E-state index is 0.182. The number of nitrogens with zero attached hydrogens (tertiary/aromatic N) is 2. The molecule has 3 rings (SSSR count). The van der Waals surface area contributed by atoms with Gasteiger partial charge in [-0.15, -0.1) is 0 Å². The Bertz CT molecular complexity index is 1200. The third kappa shape index (κ3) is 5.80. The Balaban J connectivity index is 1.86. The fourth-order valence-electron chi connectivity index (χ4n) is 2.77. The number of non-ortho nitro benzene ring substituents is 1. The summed E-state index contributed by atoms with van der Waals surface area (Å²) in [5.41, 5.74) is 0.170. The maximum atomic E-state index is 12.6. The third-order valence-corrected chi connectivity index (χ3v) is 5.26. The molecule has 0 radical (unpaired) electrons. The quantitative estimate of drug-likeness (QED) is 0.420. The minimum atomic E-state index is -3.86. The van der Waals surface area contributed by atoms with Crippen LogP contribution in [0.25, 0.3) is 0 Å². The minimum Gasteiger partial charge on any atom is -0.455 e. The first kappa shape index (κ1) is 21.8. The smallest absolute Gasteiger partial charge is 0.271 e. The zero-order chi connectivity index (χ0) is 22.4. The first-order valence-electron chi connectivity index (χ1n) is 9.08. The van der Waals surface area contributed by atoms with E-state index in [1.165, 1.54) is 30.3 Å². The highest BCUT2D eigenvalue weighted by Gasteiger charge is 2.24. The van der Waals surface area contributed by atoms with E-state index in [1.54, 1.807) is 42.5 Å². The van der Waals surface area contributed by atoms with Gasteiger partial charge in [0, 0.05) is 17.8 Å². The number of ether oxygens (including phenoxy) is 1. The Morgan fingerprint density at radius 2 is 1.71 bits per heavy atom. The number of para-hydroxylation sites is 3. The van der Waals surface area contributed by atoms with Crippen molar-refractivity contribution in [2.45, 2.75) is 0 Å². The number of hydrogen-bond donors (Lipinski definition) is 1. The lowest BCUT2D eigenvalue weighted by Crippen LogP contribution is -2.37. The van der Waals surface area contributed by atoms with Crippen LogP contribution in [-0.4, -0.2) is 32.0 Å². The van der Waals surface area contributed by atoms with E-state index in [2.05, 4.69) is 5.32 Å². The summed E-state index contributed by atoms with van der Waals surface area (Å²) in [7, 11) is -3.86. The van der Waals surface area contributed by atoms with E-state index in [4.69, 9.17) is 4.74 Å². The third-order valence-electron chi connectivity index (χ3n) is 4.13. The molecule has 0 aliphatic rings. The zero-order valence-corrected chi connectivity index (χ0v) is 17.3. The second-order valence-corrected chi connectivity index (χ2v) is 8.41. The molecule has 0 heterocycles. The number of carbonyl (C=O) groups is 1. The fraction of sp³-hybridized carbons (Fsp3) is 0.0952. The number of amides is 1. The van der Waals surface area contributed by atoms with Crippen molar-refractivity contribution in [1.82, 2.24) is 0 Å². The number of nitrogens with one attached hydrogen (secondary N) is 1. The molecule has 9 nitrogen and oxygen atoms in total. The Morgan fingerprint density at radius 3 is 2.39 bits per heavy atom. The van der Waals surface area contributed by atoms with Crippen LogP contribution >= 0.6 is 0 Å². The van der Waals surface area contributed by atoms with Crippen LogP contribution in [0, 0.1) is 10.1 Å². The number of nitro groups is 1. The number of benzene rings is 3. The molecule has 10 heteroatoms. The van der Waals surface area contributed by atoms with Gasteiger partial charge in [0.05, 0.1) is 16.9 Å². The number of sulfonamides is 1. The molecule has 0 spiro atoms. The van der Waals surface area contributed by atoms with Gasteiger partial charge in [0.25, 0.3) is 5.69 Å². The highest BCUT2D eigenvalue weighted by atomic mass is 32.2. The summed E-state index contributed by atoms with van der Waals surface area (Å²) >= 11 is 0. The van der Waals surface area contributed by atoms with Crippen LogP contribution in [0.15, 0.2) is 78.9 Å². The summed E-state index contributed by atoms with van der Waals surface area (Å²) in [5.74, 6) is 0.0900. The average molecular weight is 441 g/mol. The molecular formula is C21H19N3O6S. The van der Waals surface area contributed by atoms with E-state index in [9.17, 15) is 23.3 Å². The monoisotopic (exact) mass is 441 g/mol. The van der Waals surface area contributed by atoms with Crippen LogP contribution in [0.2, 0.25) is 0 Å². The molecule has 0 atom stereocenters. The molecule has 0 saturated carbocycles. The van der Waals surface area contributed by atoms with Crippen LogP contribution in [0.4, 0.5) is 17.1 Å². The Morgan fingerprint density at radius 1 is 1.03 bits per heavy atom. The van der Waals surface area contributed by atoms with Gasteiger partial charge in [-0.1, -0.05) is 36.4 Å². The molecule has 0 bridgehead atoms. The molecule has 3 aromatic carbocycles. The first-order valence-corrected chi connectivity index (χ1v) is 10.9. The molecule has 1 amide bonds. The molecule has 31 heavy (non-hydrogen) atoms. The highest BCUT2D eigenvalue weighted by Crippen LogP contribution is 2.33. The molecule has 0 fully saturated rings. The van der Waals surface area contributed by atoms with Crippen LogP contribution < -0.4 is 14.4 Å². The van der Waals surface area contributed by atoms with Gasteiger partial charge in [0.2, 0.25) is 15.9 Å². The standard InChI is InChI=1S/C21H19N3O6S/c1-31(28,29)23(15-21(25)22-16-8-7-9-17(14-16)24(26)27)19-12-5-6-13-20(19)30-18-10-3-2-4-11-18/h2-14H,15H2,1H3,(H,22,25). The lowest BCUT2D eigenvalue weighted by Gasteiger charge is -2.24. The van der Waals surface area contributed by atoms with Crippen molar-refractivity contribution >= 4 is 33.0 Å². The number of hydrogen-bond acceptors (Lipinski definition) is 6. The van der Waals surface area contributed by atoms with E-state index in [0.29, 0.717) is 5.75 Å². The van der Waals surface area contributed by atoms with Gasteiger partial charge in [-0.3, -0.25) is 19.2 Å². The maximum absolute atomic E-state index is 12.6. The SMILES string of the molecule is CS(=O)(=O)N(CC(=O)Nc1cccc([N+](=O)[O-])c1)c1ccccc1Oc1ccccc1. The van der Waals surface area contributed by atoms with Crippen molar-refractivity contribution in [2.75, 3.05) is 22.4 Å². The summed E-state index contributed by atoms with van der Waals surface area (Å²) in [6.07, 6.45) is 0.979. The zero-order valence-electron chi connectivity index (χ0n) is 16.5. The van der Waals surface area contributed by atoms with E-state index in [1.807, 2.05) is 6.07 Å². The Hall–Kier alpha value is -3.92. The molecule has 0 aromatic heterocycles.